The summed E-state index contributed by atoms with van der Waals surface area (Å²) in [5.74, 6) is -0.421. The van der Waals surface area contributed by atoms with E-state index in [2.05, 4.69) is 10.4 Å². The summed E-state index contributed by atoms with van der Waals surface area (Å²) in [6.45, 7) is 1.37. The summed E-state index contributed by atoms with van der Waals surface area (Å²) in [6, 6.07) is 10.7. The third-order valence-corrected chi connectivity index (χ3v) is 5.80. The Labute approximate surface area is 146 Å². The summed E-state index contributed by atoms with van der Waals surface area (Å²) in [6.07, 6.45) is 1.34. The van der Waals surface area contributed by atoms with Gasteiger partial charge in [-0.05, 0) is 18.2 Å². The van der Waals surface area contributed by atoms with E-state index in [9.17, 15) is 13.2 Å². The van der Waals surface area contributed by atoms with E-state index in [1.54, 1.807) is 12.1 Å². The lowest BCUT2D eigenvalue weighted by Gasteiger charge is -2.25. The average Bonchev–Trinajstić information content (AvgIpc) is 3.14. The molecular weight excluding hydrogens is 344 g/mol. The van der Waals surface area contributed by atoms with E-state index in [1.165, 1.54) is 16.6 Å². The van der Waals surface area contributed by atoms with Crippen molar-refractivity contribution in [2.45, 2.75) is 4.90 Å². The number of nitrogens with one attached hydrogen (secondary N) is 2. The zero-order valence-electron chi connectivity index (χ0n) is 13.8. The number of H-pyrrole nitrogens is 1. The molecule has 0 radical (unpaired) electrons. The second-order valence-corrected chi connectivity index (χ2v) is 7.54. The van der Waals surface area contributed by atoms with Crippen LogP contribution < -0.4 is 10.4 Å². The van der Waals surface area contributed by atoms with Crippen LogP contribution in [-0.4, -0.2) is 57.0 Å². The number of sulfonamides is 1. The van der Waals surface area contributed by atoms with Crippen LogP contribution in [0.2, 0.25) is 0 Å². The van der Waals surface area contributed by atoms with Gasteiger partial charge in [0.2, 0.25) is 10.0 Å². The minimum Gasteiger partial charge on any atom is -0.379 e. The first kappa shape index (κ1) is 17.5. The van der Waals surface area contributed by atoms with Crippen molar-refractivity contribution in [3.63, 3.8) is 0 Å². The van der Waals surface area contributed by atoms with Crippen LogP contribution in [0.15, 0.2) is 47.5 Å². The number of anilines is 1. The monoisotopic (exact) mass is 364 g/mol. The van der Waals surface area contributed by atoms with Gasteiger partial charge in [0, 0.05) is 26.3 Å². The van der Waals surface area contributed by atoms with Crippen molar-refractivity contribution in [1.82, 2.24) is 14.7 Å². The zero-order chi connectivity index (χ0) is 17.9. The fourth-order valence-corrected chi connectivity index (χ4v) is 3.92. The zero-order valence-corrected chi connectivity index (χ0v) is 14.6. The second kappa shape index (κ2) is 7.26. The lowest BCUT2D eigenvalue weighted by molar-refractivity contribution is 0.0730. The highest BCUT2D eigenvalue weighted by molar-refractivity contribution is 7.89. The minimum atomic E-state index is -3.63. The third-order valence-electron chi connectivity index (χ3n) is 3.92. The van der Waals surface area contributed by atoms with Crippen LogP contribution in [-0.2, 0) is 14.8 Å². The number of ether oxygens (including phenoxy) is 1. The van der Waals surface area contributed by atoms with Gasteiger partial charge in [-0.1, -0.05) is 18.2 Å². The predicted molar refractivity (Wildman–Crippen MR) is 92.7 cm³/mol. The smallest absolute Gasteiger partial charge is 0.286 e. The highest BCUT2D eigenvalue weighted by Crippen LogP contribution is 2.18. The molecule has 1 aliphatic rings. The van der Waals surface area contributed by atoms with Crippen LogP contribution in [0.1, 0.15) is 10.5 Å². The van der Waals surface area contributed by atoms with Gasteiger partial charge in [0.15, 0.2) is 0 Å². The Bertz CT molecular complexity index is 829. The van der Waals surface area contributed by atoms with Gasteiger partial charge in [-0.2, -0.15) is 4.31 Å². The van der Waals surface area contributed by atoms with Gasteiger partial charge in [-0.3, -0.25) is 15.2 Å². The second-order valence-electron chi connectivity index (χ2n) is 5.60. The molecule has 0 bridgehead atoms. The van der Waals surface area contributed by atoms with Gasteiger partial charge in [-0.25, -0.2) is 8.42 Å². The predicted octanol–water partition coefficient (Wildman–Crippen LogP) is 0.817. The van der Waals surface area contributed by atoms with Crippen molar-refractivity contribution in [2.24, 2.45) is 0 Å². The molecule has 1 saturated heterocycles. The molecule has 134 valence electrons. The van der Waals surface area contributed by atoms with Crippen molar-refractivity contribution in [3.8, 4) is 0 Å². The Morgan fingerprint density at radius 1 is 1.24 bits per heavy atom. The van der Waals surface area contributed by atoms with Gasteiger partial charge in [0.25, 0.3) is 5.91 Å². The number of aromatic nitrogens is 1. The molecule has 3 rings (SSSR count). The molecule has 1 amide bonds. The molecule has 1 fully saturated rings. The normalized spacial score (nSPS) is 15.7. The topological polar surface area (TPSA) is 94.7 Å². The molecule has 8 nitrogen and oxygen atoms in total. The van der Waals surface area contributed by atoms with Crippen molar-refractivity contribution >= 4 is 21.6 Å². The van der Waals surface area contributed by atoms with E-state index < -0.39 is 15.9 Å². The summed E-state index contributed by atoms with van der Waals surface area (Å²) < 4.78 is 31.7. The number of hydrazine groups is 1. The van der Waals surface area contributed by atoms with E-state index in [4.69, 9.17) is 4.74 Å². The SMILES string of the molecule is CN(NC(=O)c1cc(S(=O)(=O)N2CCOCC2)c[nH]1)c1ccccc1. The molecular formula is C16H20N4O4S. The van der Waals surface area contributed by atoms with Gasteiger partial charge >= 0.3 is 0 Å². The van der Waals surface area contributed by atoms with E-state index in [1.807, 2.05) is 30.3 Å². The molecule has 25 heavy (non-hydrogen) atoms. The van der Waals surface area contributed by atoms with Gasteiger partial charge in [-0.15, -0.1) is 0 Å². The van der Waals surface area contributed by atoms with E-state index >= 15 is 0 Å². The lowest BCUT2D eigenvalue weighted by Crippen LogP contribution is -2.40. The standard InChI is InChI=1S/C16H20N4O4S/c1-19(13-5-3-2-4-6-13)18-16(21)15-11-14(12-17-15)25(22,23)20-7-9-24-10-8-20/h2-6,11-12,17H,7-10H2,1H3,(H,18,21). The van der Waals surface area contributed by atoms with Crippen molar-refractivity contribution in [3.05, 3.63) is 48.3 Å². The summed E-state index contributed by atoms with van der Waals surface area (Å²) in [4.78, 5) is 15.1. The number of rotatable bonds is 5. The molecule has 0 unspecified atom stereocenters. The number of aromatic amines is 1. The first-order chi connectivity index (χ1) is 12.0. The molecule has 1 aliphatic heterocycles. The van der Waals surface area contributed by atoms with E-state index in [0.717, 1.165) is 5.69 Å². The number of para-hydroxylation sites is 1. The molecule has 9 heteroatoms. The quantitative estimate of drug-likeness (QED) is 0.766. The molecule has 0 atom stereocenters. The van der Waals surface area contributed by atoms with Crippen LogP contribution >= 0.6 is 0 Å². The van der Waals surface area contributed by atoms with Crippen LogP contribution in [0, 0.1) is 0 Å². The summed E-state index contributed by atoms with van der Waals surface area (Å²) in [5, 5.41) is 1.57. The Hall–Kier alpha value is -2.36. The van der Waals surface area contributed by atoms with E-state index in [0.29, 0.717) is 26.3 Å². The number of amides is 1. The van der Waals surface area contributed by atoms with Crippen molar-refractivity contribution in [2.75, 3.05) is 38.4 Å². The van der Waals surface area contributed by atoms with Gasteiger partial charge < -0.3 is 9.72 Å². The molecule has 0 spiro atoms. The Kier molecular flexibility index (Phi) is 5.07. The third kappa shape index (κ3) is 3.84. The number of carbonyl (C=O) groups is 1. The Morgan fingerprint density at radius 3 is 2.60 bits per heavy atom. The number of nitrogens with zero attached hydrogens (tertiary/aromatic N) is 2. The Morgan fingerprint density at radius 2 is 1.92 bits per heavy atom. The summed E-state index contributed by atoms with van der Waals surface area (Å²) in [7, 11) is -1.92. The first-order valence-electron chi connectivity index (χ1n) is 7.84. The van der Waals surface area contributed by atoms with Crippen molar-refractivity contribution < 1.29 is 17.9 Å². The fourth-order valence-electron chi connectivity index (χ4n) is 2.52. The largest absolute Gasteiger partial charge is 0.379 e. The number of morpholine rings is 1. The lowest BCUT2D eigenvalue weighted by atomic mass is 10.3. The fraction of sp³-hybridized carbons (Fsp3) is 0.312. The maximum Gasteiger partial charge on any atom is 0.286 e. The van der Waals surface area contributed by atoms with Crippen LogP contribution in [0.25, 0.3) is 0 Å². The number of benzene rings is 1. The maximum absolute atomic E-state index is 12.6. The van der Waals surface area contributed by atoms with Crippen LogP contribution in [0.4, 0.5) is 5.69 Å². The van der Waals surface area contributed by atoms with Crippen LogP contribution in [0.5, 0.6) is 0 Å². The van der Waals surface area contributed by atoms with Crippen LogP contribution in [0.3, 0.4) is 0 Å². The molecule has 2 aromatic rings. The highest BCUT2D eigenvalue weighted by Gasteiger charge is 2.28. The molecule has 1 aromatic carbocycles. The number of hydrogen-bond donors (Lipinski definition) is 2. The summed E-state index contributed by atoms with van der Waals surface area (Å²) >= 11 is 0. The number of carbonyl (C=O) groups excluding carboxylic acids is 1. The molecule has 0 saturated carbocycles. The molecule has 2 heterocycles. The van der Waals surface area contributed by atoms with E-state index in [-0.39, 0.29) is 10.6 Å². The first-order valence-corrected chi connectivity index (χ1v) is 9.28. The molecule has 1 aromatic heterocycles. The van der Waals surface area contributed by atoms with Gasteiger partial charge in [0.1, 0.15) is 10.6 Å². The summed E-state index contributed by atoms with van der Waals surface area (Å²) in [5.41, 5.74) is 3.68. The Balaban J connectivity index is 1.71. The maximum atomic E-state index is 12.6. The van der Waals surface area contributed by atoms with Crippen molar-refractivity contribution in [1.29, 1.82) is 0 Å². The average molecular weight is 364 g/mol. The molecule has 0 aliphatic carbocycles. The minimum absolute atomic E-state index is 0.0712. The number of hydrogen-bond acceptors (Lipinski definition) is 5. The van der Waals surface area contributed by atoms with Gasteiger partial charge in [0.05, 0.1) is 18.9 Å². The molecule has 2 N–H and O–H groups in total. The highest BCUT2D eigenvalue weighted by atomic mass is 32.2.